The van der Waals surface area contributed by atoms with Gasteiger partial charge in [-0.2, -0.15) is 0 Å². The summed E-state index contributed by atoms with van der Waals surface area (Å²) in [7, 11) is 0. The molecule has 118 valence electrons. The van der Waals surface area contributed by atoms with Crippen LogP contribution in [-0.2, 0) is 4.79 Å². The van der Waals surface area contributed by atoms with E-state index in [1.807, 2.05) is 39.8 Å². The van der Waals surface area contributed by atoms with Gasteiger partial charge in [-0.05, 0) is 46.2 Å². The minimum atomic E-state index is -0.344. The Kier molecular flexibility index (Phi) is 6.99. The fourth-order valence-electron chi connectivity index (χ4n) is 1.99. The van der Waals surface area contributed by atoms with Crippen LogP contribution in [0.1, 0.15) is 47.5 Å². The topological polar surface area (TPSA) is 63.2 Å². The Morgan fingerprint density at radius 1 is 1.33 bits per heavy atom. The smallest absolute Gasteiger partial charge is 0.242 e. The normalized spacial score (nSPS) is 13.6. The summed E-state index contributed by atoms with van der Waals surface area (Å²) in [5, 5.41) is 6.16. The van der Waals surface area contributed by atoms with Gasteiger partial charge < -0.3 is 15.4 Å². The number of carbonyl (C=O) groups excluding carboxylic acids is 1. The standard InChI is InChI=1S/C16H27N3O2/c1-6-8-12(4)18-15(20)13(5)19-14-9-7-10-17-16(14)21-11(2)3/h7,9-13,19H,6,8H2,1-5H3,(H,18,20). The van der Waals surface area contributed by atoms with Gasteiger partial charge in [0.15, 0.2) is 0 Å². The van der Waals surface area contributed by atoms with Crippen molar-refractivity contribution in [1.82, 2.24) is 10.3 Å². The zero-order chi connectivity index (χ0) is 15.8. The molecule has 1 aromatic rings. The van der Waals surface area contributed by atoms with E-state index in [1.54, 1.807) is 6.20 Å². The Morgan fingerprint density at radius 3 is 2.67 bits per heavy atom. The second-order valence-electron chi connectivity index (χ2n) is 5.59. The summed E-state index contributed by atoms with van der Waals surface area (Å²) in [5.74, 6) is 0.504. The third kappa shape index (κ3) is 6.02. The Morgan fingerprint density at radius 2 is 2.05 bits per heavy atom. The first kappa shape index (κ1) is 17.3. The molecule has 0 bridgehead atoms. The second-order valence-corrected chi connectivity index (χ2v) is 5.59. The van der Waals surface area contributed by atoms with Gasteiger partial charge in [-0.15, -0.1) is 0 Å². The van der Waals surface area contributed by atoms with Crippen molar-refractivity contribution in [3.8, 4) is 5.88 Å². The van der Waals surface area contributed by atoms with E-state index in [9.17, 15) is 4.79 Å². The van der Waals surface area contributed by atoms with Gasteiger partial charge in [0.1, 0.15) is 6.04 Å². The van der Waals surface area contributed by atoms with Crippen LogP contribution >= 0.6 is 0 Å². The van der Waals surface area contributed by atoms with E-state index in [4.69, 9.17) is 4.74 Å². The Hall–Kier alpha value is -1.78. The lowest BCUT2D eigenvalue weighted by atomic mass is 10.2. The highest BCUT2D eigenvalue weighted by Gasteiger charge is 2.17. The van der Waals surface area contributed by atoms with Crippen molar-refractivity contribution in [2.45, 2.75) is 65.6 Å². The van der Waals surface area contributed by atoms with Gasteiger partial charge in [0.25, 0.3) is 0 Å². The fourth-order valence-corrected chi connectivity index (χ4v) is 1.99. The fraction of sp³-hybridized carbons (Fsp3) is 0.625. The number of hydrogen-bond donors (Lipinski definition) is 2. The SMILES string of the molecule is CCCC(C)NC(=O)C(C)Nc1cccnc1OC(C)C. The van der Waals surface area contributed by atoms with E-state index in [2.05, 4.69) is 22.5 Å². The molecule has 0 fully saturated rings. The minimum absolute atomic E-state index is 0.0182. The Labute approximate surface area is 127 Å². The van der Waals surface area contributed by atoms with Gasteiger partial charge >= 0.3 is 0 Å². The number of amides is 1. The number of nitrogens with one attached hydrogen (secondary N) is 2. The highest BCUT2D eigenvalue weighted by molar-refractivity contribution is 5.84. The lowest BCUT2D eigenvalue weighted by Crippen LogP contribution is -2.42. The second kappa shape index (κ2) is 8.49. The lowest BCUT2D eigenvalue weighted by molar-refractivity contribution is -0.122. The summed E-state index contributed by atoms with van der Waals surface area (Å²) >= 11 is 0. The number of rotatable bonds is 8. The monoisotopic (exact) mass is 293 g/mol. The molecule has 21 heavy (non-hydrogen) atoms. The van der Waals surface area contributed by atoms with Crippen molar-refractivity contribution >= 4 is 11.6 Å². The van der Waals surface area contributed by atoms with E-state index >= 15 is 0 Å². The largest absolute Gasteiger partial charge is 0.473 e. The van der Waals surface area contributed by atoms with E-state index in [-0.39, 0.29) is 24.1 Å². The molecule has 0 saturated carbocycles. The van der Waals surface area contributed by atoms with E-state index < -0.39 is 0 Å². The number of anilines is 1. The van der Waals surface area contributed by atoms with Crippen molar-refractivity contribution in [1.29, 1.82) is 0 Å². The Bertz CT molecular complexity index is 449. The molecule has 2 N–H and O–H groups in total. The van der Waals surface area contributed by atoms with Crippen LogP contribution in [0.25, 0.3) is 0 Å². The van der Waals surface area contributed by atoms with Gasteiger partial charge in [0.2, 0.25) is 11.8 Å². The average Bonchev–Trinajstić information content (AvgIpc) is 2.40. The maximum absolute atomic E-state index is 12.1. The van der Waals surface area contributed by atoms with Crippen LogP contribution in [0.15, 0.2) is 18.3 Å². The summed E-state index contributed by atoms with van der Waals surface area (Å²) in [6.45, 7) is 9.85. The molecular weight excluding hydrogens is 266 g/mol. The molecule has 0 radical (unpaired) electrons. The van der Waals surface area contributed by atoms with E-state index in [1.165, 1.54) is 0 Å². The molecule has 0 aromatic carbocycles. The average molecular weight is 293 g/mol. The number of hydrogen-bond acceptors (Lipinski definition) is 4. The number of carbonyl (C=O) groups is 1. The molecule has 1 amide bonds. The number of ether oxygens (including phenoxy) is 1. The maximum atomic E-state index is 12.1. The summed E-state index contributed by atoms with van der Waals surface area (Å²) in [4.78, 5) is 16.3. The first-order valence-electron chi connectivity index (χ1n) is 7.62. The van der Waals surface area contributed by atoms with Gasteiger partial charge in [-0.1, -0.05) is 13.3 Å². The summed E-state index contributed by atoms with van der Waals surface area (Å²) < 4.78 is 5.64. The van der Waals surface area contributed by atoms with E-state index in [0.29, 0.717) is 5.88 Å². The van der Waals surface area contributed by atoms with Crippen molar-refractivity contribution in [2.24, 2.45) is 0 Å². The molecule has 5 nitrogen and oxygen atoms in total. The quantitative estimate of drug-likeness (QED) is 0.773. The molecule has 0 aliphatic rings. The zero-order valence-corrected chi connectivity index (χ0v) is 13.6. The molecule has 1 rings (SSSR count). The first-order valence-corrected chi connectivity index (χ1v) is 7.62. The number of aromatic nitrogens is 1. The number of nitrogens with zero attached hydrogens (tertiary/aromatic N) is 1. The summed E-state index contributed by atoms with van der Waals surface area (Å²) in [6, 6.07) is 3.53. The van der Waals surface area contributed by atoms with E-state index in [0.717, 1.165) is 18.5 Å². The highest BCUT2D eigenvalue weighted by atomic mass is 16.5. The van der Waals surface area contributed by atoms with Crippen molar-refractivity contribution in [3.05, 3.63) is 18.3 Å². The highest BCUT2D eigenvalue weighted by Crippen LogP contribution is 2.22. The first-order chi connectivity index (χ1) is 9.93. The molecule has 1 heterocycles. The summed E-state index contributed by atoms with van der Waals surface area (Å²) in [6.07, 6.45) is 3.75. The van der Waals surface area contributed by atoms with Gasteiger partial charge in [0, 0.05) is 12.2 Å². The third-order valence-corrected chi connectivity index (χ3v) is 2.99. The van der Waals surface area contributed by atoms with Crippen LogP contribution in [-0.4, -0.2) is 29.1 Å². The minimum Gasteiger partial charge on any atom is -0.473 e. The third-order valence-electron chi connectivity index (χ3n) is 2.99. The molecule has 0 aliphatic heterocycles. The predicted octanol–water partition coefficient (Wildman–Crippen LogP) is 2.97. The molecular formula is C16H27N3O2. The Balaban J connectivity index is 2.65. The van der Waals surface area contributed by atoms with Crippen LogP contribution in [0.4, 0.5) is 5.69 Å². The van der Waals surface area contributed by atoms with Crippen LogP contribution < -0.4 is 15.4 Å². The summed E-state index contributed by atoms with van der Waals surface area (Å²) in [5.41, 5.74) is 0.733. The lowest BCUT2D eigenvalue weighted by Gasteiger charge is -2.20. The maximum Gasteiger partial charge on any atom is 0.242 e. The molecule has 1 aromatic heterocycles. The molecule has 0 spiro atoms. The van der Waals surface area contributed by atoms with Crippen molar-refractivity contribution in [3.63, 3.8) is 0 Å². The number of pyridine rings is 1. The van der Waals surface area contributed by atoms with Crippen LogP contribution in [0, 0.1) is 0 Å². The van der Waals surface area contributed by atoms with Crippen LogP contribution in [0.5, 0.6) is 5.88 Å². The van der Waals surface area contributed by atoms with Crippen LogP contribution in [0.3, 0.4) is 0 Å². The van der Waals surface area contributed by atoms with Crippen molar-refractivity contribution in [2.75, 3.05) is 5.32 Å². The van der Waals surface area contributed by atoms with Crippen molar-refractivity contribution < 1.29 is 9.53 Å². The molecule has 0 aliphatic carbocycles. The molecule has 5 heteroatoms. The molecule has 2 unspecified atom stereocenters. The predicted molar refractivity (Wildman–Crippen MR) is 85.6 cm³/mol. The zero-order valence-electron chi connectivity index (χ0n) is 13.6. The van der Waals surface area contributed by atoms with Gasteiger partial charge in [0.05, 0.1) is 11.8 Å². The molecule has 2 atom stereocenters. The van der Waals surface area contributed by atoms with Gasteiger partial charge in [-0.25, -0.2) is 4.98 Å². The molecule has 0 saturated heterocycles. The van der Waals surface area contributed by atoms with Crippen LogP contribution in [0.2, 0.25) is 0 Å². The van der Waals surface area contributed by atoms with Gasteiger partial charge in [-0.3, -0.25) is 4.79 Å².